The van der Waals surface area contributed by atoms with Crippen molar-refractivity contribution in [3.63, 3.8) is 0 Å². The van der Waals surface area contributed by atoms with E-state index in [2.05, 4.69) is 0 Å². The number of carboxylic acids is 1. The summed E-state index contributed by atoms with van der Waals surface area (Å²) in [5, 5.41) is 9.81. The molecular formula is C27H24Cl2FNO4. The molecule has 0 spiro atoms. The minimum Gasteiger partial charge on any atom is -0.487 e. The highest BCUT2D eigenvalue weighted by Gasteiger charge is 2.35. The van der Waals surface area contributed by atoms with Gasteiger partial charge in [0.2, 0.25) is 0 Å². The maximum absolute atomic E-state index is 13.9. The molecule has 3 aromatic rings. The molecule has 1 heterocycles. The second kappa shape index (κ2) is 10.3. The number of rotatable bonds is 8. The number of carbonyl (C=O) groups excluding carboxylic acids is 1. The van der Waals surface area contributed by atoms with E-state index in [9.17, 15) is 14.0 Å². The first-order chi connectivity index (χ1) is 16.6. The maximum Gasteiger partial charge on any atom is 0.305 e. The Hall–Kier alpha value is -3.09. The summed E-state index contributed by atoms with van der Waals surface area (Å²) in [4.78, 5) is 26.1. The van der Waals surface area contributed by atoms with Crippen LogP contribution in [-0.2, 0) is 24.2 Å². The van der Waals surface area contributed by atoms with Gasteiger partial charge in [-0.05, 0) is 66.1 Å². The fourth-order valence-electron chi connectivity index (χ4n) is 4.31. The standard InChI is InChI=1S/C27H24Cl2FNO4/c1-27(14-18-4-8-22(29)23(30)12-18)15-20-13-19(5-9-24(20)35-27)26(34)31(11-10-25(32)33)16-17-2-6-21(28)7-3-17/h2-9,12-13H,10-11,14-16H2,1H3,(H,32,33)/t27-/m1/s1. The van der Waals surface area contributed by atoms with Crippen molar-refractivity contribution in [2.45, 2.75) is 38.3 Å². The van der Waals surface area contributed by atoms with Gasteiger partial charge in [-0.3, -0.25) is 9.59 Å². The number of fused-ring (bicyclic) bond motifs is 1. The first kappa shape index (κ1) is 25.0. The van der Waals surface area contributed by atoms with Gasteiger partial charge in [0, 0.05) is 36.5 Å². The highest BCUT2D eigenvalue weighted by molar-refractivity contribution is 6.30. The van der Waals surface area contributed by atoms with E-state index in [1.54, 1.807) is 36.4 Å². The summed E-state index contributed by atoms with van der Waals surface area (Å²) in [6.45, 7) is 2.28. The van der Waals surface area contributed by atoms with E-state index in [-0.39, 0.29) is 30.4 Å². The highest BCUT2D eigenvalue weighted by Crippen LogP contribution is 2.38. The Labute approximate surface area is 213 Å². The van der Waals surface area contributed by atoms with E-state index in [1.165, 1.54) is 17.0 Å². The number of ether oxygens (including phenoxy) is 1. The first-order valence-corrected chi connectivity index (χ1v) is 11.9. The zero-order valence-corrected chi connectivity index (χ0v) is 20.6. The third kappa shape index (κ3) is 6.13. The lowest BCUT2D eigenvalue weighted by atomic mass is 9.91. The summed E-state index contributed by atoms with van der Waals surface area (Å²) < 4.78 is 20.1. The average molecular weight is 516 g/mol. The monoisotopic (exact) mass is 515 g/mol. The van der Waals surface area contributed by atoms with Gasteiger partial charge in [-0.15, -0.1) is 0 Å². The zero-order chi connectivity index (χ0) is 25.2. The molecule has 8 heteroatoms. The van der Waals surface area contributed by atoms with Gasteiger partial charge >= 0.3 is 5.97 Å². The minimum absolute atomic E-state index is 0.0729. The molecule has 0 fully saturated rings. The number of hydrogen-bond donors (Lipinski definition) is 1. The molecule has 1 aliphatic rings. The number of carboxylic acid groups (broad SMARTS) is 1. The number of benzene rings is 3. The van der Waals surface area contributed by atoms with Crippen molar-refractivity contribution in [3.8, 4) is 5.75 Å². The van der Waals surface area contributed by atoms with Crippen molar-refractivity contribution in [1.29, 1.82) is 0 Å². The van der Waals surface area contributed by atoms with Crippen molar-refractivity contribution < 1.29 is 23.8 Å². The summed E-state index contributed by atoms with van der Waals surface area (Å²) in [6, 6.07) is 17.0. The fraction of sp³-hybridized carbons (Fsp3) is 0.259. The molecule has 182 valence electrons. The van der Waals surface area contributed by atoms with E-state index in [4.69, 9.17) is 33.0 Å². The number of carbonyl (C=O) groups is 2. The lowest BCUT2D eigenvalue weighted by Crippen LogP contribution is -2.33. The number of aliphatic carboxylic acids is 1. The second-order valence-corrected chi connectivity index (χ2v) is 9.82. The molecule has 3 aromatic carbocycles. The first-order valence-electron chi connectivity index (χ1n) is 11.1. The van der Waals surface area contributed by atoms with E-state index in [0.29, 0.717) is 29.2 Å². The summed E-state index contributed by atoms with van der Waals surface area (Å²) in [6.07, 6.45) is 0.851. The van der Waals surface area contributed by atoms with E-state index >= 15 is 0 Å². The largest absolute Gasteiger partial charge is 0.487 e. The molecular weight excluding hydrogens is 492 g/mol. The quantitative estimate of drug-likeness (QED) is 0.388. The predicted octanol–water partition coefficient (Wildman–Crippen LogP) is 6.19. The number of amides is 1. The molecule has 35 heavy (non-hydrogen) atoms. The maximum atomic E-state index is 13.9. The third-order valence-electron chi connectivity index (χ3n) is 5.96. The van der Waals surface area contributed by atoms with Crippen molar-refractivity contribution >= 4 is 35.1 Å². The van der Waals surface area contributed by atoms with E-state index in [0.717, 1.165) is 16.7 Å². The van der Waals surface area contributed by atoms with Crippen LogP contribution in [0.4, 0.5) is 4.39 Å². The molecule has 1 N–H and O–H groups in total. The Balaban J connectivity index is 1.52. The van der Waals surface area contributed by atoms with Gasteiger partial charge in [0.15, 0.2) is 0 Å². The Morgan fingerprint density at radius 3 is 2.46 bits per heavy atom. The SMILES string of the molecule is C[C@@]1(Cc2ccc(Cl)c(F)c2)Cc2cc(C(=O)N(CCC(=O)O)Cc3ccc(Cl)cc3)ccc2O1. The Morgan fingerprint density at radius 2 is 1.77 bits per heavy atom. The molecule has 0 aromatic heterocycles. The van der Waals surface area contributed by atoms with Gasteiger partial charge in [-0.25, -0.2) is 4.39 Å². The van der Waals surface area contributed by atoms with Crippen molar-refractivity contribution in [1.82, 2.24) is 4.90 Å². The predicted molar refractivity (Wildman–Crippen MR) is 133 cm³/mol. The van der Waals surface area contributed by atoms with Crippen LogP contribution in [-0.4, -0.2) is 34.0 Å². The van der Waals surface area contributed by atoms with Crippen LogP contribution in [0.3, 0.4) is 0 Å². The molecule has 1 amide bonds. The molecule has 0 aliphatic carbocycles. The van der Waals surface area contributed by atoms with Crippen LogP contribution >= 0.6 is 23.2 Å². The van der Waals surface area contributed by atoms with Crippen molar-refractivity contribution in [2.75, 3.05) is 6.54 Å². The van der Waals surface area contributed by atoms with Gasteiger partial charge < -0.3 is 14.7 Å². The number of halogens is 3. The third-order valence-corrected chi connectivity index (χ3v) is 6.52. The van der Waals surface area contributed by atoms with Crippen LogP contribution in [0, 0.1) is 5.82 Å². The number of hydrogen-bond acceptors (Lipinski definition) is 3. The summed E-state index contributed by atoms with van der Waals surface area (Å²) in [7, 11) is 0. The van der Waals surface area contributed by atoms with Crippen LogP contribution in [0.5, 0.6) is 5.75 Å². The lowest BCUT2D eigenvalue weighted by Gasteiger charge is -2.24. The summed E-state index contributed by atoms with van der Waals surface area (Å²) in [5.41, 5.74) is 2.34. The van der Waals surface area contributed by atoms with Crippen molar-refractivity contribution in [3.05, 3.63) is 98.8 Å². The lowest BCUT2D eigenvalue weighted by molar-refractivity contribution is -0.137. The smallest absolute Gasteiger partial charge is 0.305 e. The van der Waals surface area contributed by atoms with Crippen LogP contribution in [0.2, 0.25) is 10.0 Å². The van der Waals surface area contributed by atoms with Gasteiger partial charge in [0.25, 0.3) is 5.91 Å². The molecule has 0 bridgehead atoms. The molecule has 0 radical (unpaired) electrons. The molecule has 0 saturated carbocycles. The Kier molecular flexibility index (Phi) is 7.33. The highest BCUT2D eigenvalue weighted by atomic mass is 35.5. The summed E-state index contributed by atoms with van der Waals surface area (Å²) in [5.74, 6) is -1.04. The van der Waals surface area contributed by atoms with E-state index < -0.39 is 17.4 Å². The summed E-state index contributed by atoms with van der Waals surface area (Å²) >= 11 is 11.8. The molecule has 5 nitrogen and oxygen atoms in total. The minimum atomic E-state index is -0.976. The van der Waals surface area contributed by atoms with Gasteiger partial charge in [0.05, 0.1) is 11.4 Å². The Morgan fingerprint density at radius 1 is 1.06 bits per heavy atom. The van der Waals surface area contributed by atoms with Crippen LogP contribution in [0.1, 0.15) is 40.4 Å². The molecule has 0 unspecified atom stereocenters. The molecule has 0 saturated heterocycles. The molecule has 1 atom stereocenters. The Bertz CT molecular complexity index is 1260. The fourth-order valence-corrected chi connectivity index (χ4v) is 4.55. The van der Waals surface area contributed by atoms with Gasteiger partial charge in [-0.2, -0.15) is 0 Å². The molecule has 4 rings (SSSR count). The van der Waals surface area contributed by atoms with Gasteiger partial charge in [-0.1, -0.05) is 41.4 Å². The normalized spacial score (nSPS) is 16.5. The van der Waals surface area contributed by atoms with E-state index in [1.807, 2.05) is 19.1 Å². The van der Waals surface area contributed by atoms with Gasteiger partial charge in [0.1, 0.15) is 17.2 Å². The topological polar surface area (TPSA) is 66.8 Å². The van der Waals surface area contributed by atoms with Crippen LogP contribution in [0.15, 0.2) is 60.7 Å². The number of nitrogens with zero attached hydrogens (tertiary/aromatic N) is 1. The zero-order valence-electron chi connectivity index (χ0n) is 19.1. The average Bonchev–Trinajstić information content (AvgIpc) is 3.14. The van der Waals surface area contributed by atoms with Crippen molar-refractivity contribution in [2.24, 2.45) is 0 Å². The second-order valence-electron chi connectivity index (χ2n) is 8.97. The van der Waals surface area contributed by atoms with Crippen LogP contribution < -0.4 is 4.74 Å². The van der Waals surface area contributed by atoms with Crippen LogP contribution in [0.25, 0.3) is 0 Å². The molecule has 1 aliphatic heterocycles.